The Labute approximate surface area is 86.0 Å². The van der Waals surface area contributed by atoms with Crippen molar-refractivity contribution in [2.45, 2.75) is 0 Å². The van der Waals surface area contributed by atoms with Gasteiger partial charge in [-0.1, -0.05) is 0 Å². The van der Waals surface area contributed by atoms with Crippen LogP contribution in [0.2, 0.25) is 0 Å². The van der Waals surface area contributed by atoms with Gasteiger partial charge in [0.25, 0.3) is 0 Å². The first-order valence-electron chi connectivity index (χ1n) is 4.56. The molecule has 0 aliphatic carbocycles. The summed E-state index contributed by atoms with van der Waals surface area (Å²) in [5, 5.41) is 1.03. The summed E-state index contributed by atoms with van der Waals surface area (Å²) in [5.74, 6) is 0.688. The van der Waals surface area contributed by atoms with Crippen LogP contribution in [0.15, 0.2) is 36.9 Å². The minimum absolute atomic E-state index is 0.688. The van der Waals surface area contributed by atoms with Crippen LogP contribution >= 0.6 is 0 Å². The van der Waals surface area contributed by atoms with E-state index in [-0.39, 0.29) is 0 Å². The van der Waals surface area contributed by atoms with Gasteiger partial charge in [-0.2, -0.15) is 0 Å². The molecule has 3 aromatic rings. The summed E-state index contributed by atoms with van der Waals surface area (Å²) in [6.07, 6.45) is 6.84. The van der Waals surface area contributed by atoms with Gasteiger partial charge in [-0.15, -0.1) is 0 Å². The van der Waals surface area contributed by atoms with E-state index >= 15 is 0 Å². The number of pyridine rings is 1. The molecule has 0 spiro atoms. The molecule has 3 aromatic heterocycles. The van der Waals surface area contributed by atoms with E-state index in [1.54, 1.807) is 18.6 Å². The monoisotopic (exact) mass is 195 g/mol. The van der Waals surface area contributed by atoms with E-state index in [0.29, 0.717) is 5.82 Å². The molecular formula is C11H7N4. The molecule has 71 valence electrons. The van der Waals surface area contributed by atoms with E-state index in [1.165, 1.54) is 0 Å². The topological polar surface area (TPSA) is 54.5 Å². The number of fused-ring (bicyclic) bond motifs is 1. The van der Waals surface area contributed by atoms with Crippen molar-refractivity contribution >= 4 is 11.0 Å². The standard InChI is InChI=1S/C11H7N4/c1-3-8-9(7-15-10(8)12-4-1)11-13-5-2-6-14-11/h1,3-7H,(H,12,15). The van der Waals surface area contributed by atoms with Gasteiger partial charge in [-0.3, -0.25) is 0 Å². The van der Waals surface area contributed by atoms with E-state index in [9.17, 15) is 0 Å². The molecule has 1 N–H and O–H groups in total. The maximum Gasteiger partial charge on any atom is 0.161 e. The van der Waals surface area contributed by atoms with Gasteiger partial charge in [0.15, 0.2) is 5.82 Å². The molecule has 1 radical (unpaired) electrons. The van der Waals surface area contributed by atoms with Gasteiger partial charge < -0.3 is 4.98 Å². The lowest BCUT2D eigenvalue weighted by molar-refractivity contribution is 1.17. The van der Waals surface area contributed by atoms with Gasteiger partial charge in [0.05, 0.1) is 0 Å². The average molecular weight is 195 g/mol. The Morgan fingerprint density at radius 1 is 1.13 bits per heavy atom. The maximum absolute atomic E-state index is 4.21. The van der Waals surface area contributed by atoms with E-state index in [1.807, 2.05) is 18.3 Å². The molecule has 3 rings (SSSR count). The third-order valence-corrected chi connectivity index (χ3v) is 2.21. The molecule has 0 fully saturated rings. The molecule has 0 saturated carbocycles. The number of hydrogen-bond acceptors (Lipinski definition) is 3. The van der Waals surface area contributed by atoms with Crippen molar-refractivity contribution in [3.8, 4) is 11.4 Å². The van der Waals surface area contributed by atoms with Crippen LogP contribution in [0.3, 0.4) is 0 Å². The summed E-state index contributed by atoms with van der Waals surface area (Å²) >= 11 is 0. The first kappa shape index (κ1) is 8.11. The molecule has 0 amide bonds. The second-order valence-corrected chi connectivity index (χ2v) is 3.11. The molecule has 0 bridgehead atoms. The van der Waals surface area contributed by atoms with Crippen molar-refractivity contribution < 1.29 is 0 Å². The number of nitrogens with zero attached hydrogens (tertiary/aromatic N) is 3. The first-order chi connectivity index (χ1) is 7.45. The smallest absolute Gasteiger partial charge is 0.161 e. The van der Waals surface area contributed by atoms with Crippen LogP contribution in [-0.2, 0) is 0 Å². The molecule has 0 saturated heterocycles. The van der Waals surface area contributed by atoms with Crippen LogP contribution in [0, 0.1) is 6.07 Å². The van der Waals surface area contributed by atoms with Crippen LogP contribution in [0.25, 0.3) is 22.4 Å². The molecule has 15 heavy (non-hydrogen) atoms. The molecule has 4 nitrogen and oxygen atoms in total. The van der Waals surface area contributed by atoms with E-state index in [2.05, 4.69) is 26.0 Å². The summed E-state index contributed by atoms with van der Waals surface area (Å²) in [6.45, 7) is 0. The fourth-order valence-electron chi connectivity index (χ4n) is 1.54. The lowest BCUT2D eigenvalue weighted by Gasteiger charge is -1.95. The molecule has 0 aliphatic heterocycles. The summed E-state index contributed by atoms with van der Waals surface area (Å²) in [6, 6.07) is 6.69. The van der Waals surface area contributed by atoms with Gasteiger partial charge in [-0.25, -0.2) is 15.0 Å². The van der Waals surface area contributed by atoms with Crippen LogP contribution < -0.4 is 0 Å². The number of rotatable bonds is 1. The number of aromatic amines is 1. The highest BCUT2D eigenvalue weighted by molar-refractivity contribution is 5.91. The minimum atomic E-state index is 0.688. The zero-order valence-corrected chi connectivity index (χ0v) is 7.81. The zero-order valence-electron chi connectivity index (χ0n) is 7.81. The van der Waals surface area contributed by atoms with Gasteiger partial charge in [0, 0.05) is 41.8 Å². The Hall–Kier alpha value is -2.23. The van der Waals surface area contributed by atoms with E-state index in [4.69, 9.17) is 0 Å². The van der Waals surface area contributed by atoms with Crippen molar-refractivity contribution in [3.63, 3.8) is 0 Å². The van der Waals surface area contributed by atoms with Gasteiger partial charge in [0.2, 0.25) is 0 Å². The normalized spacial score (nSPS) is 10.7. The first-order valence-corrected chi connectivity index (χ1v) is 4.56. The quantitative estimate of drug-likeness (QED) is 0.644. The molecule has 3 heterocycles. The van der Waals surface area contributed by atoms with Gasteiger partial charge >= 0.3 is 0 Å². The average Bonchev–Trinajstić information content (AvgIpc) is 2.74. The number of hydrogen-bond donors (Lipinski definition) is 1. The van der Waals surface area contributed by atoms with Crippen molar-refractivity contribution in [1.29, 1.82) is 0 Å². The largest absolute Gasteiger partial charge is 0.345 e. The highest BCUT2D eigenvalue weighted by atomic mass is 14.9. The van der Waals surface area contributed by atoms with Crippen LogP contribution in [-0.4, -0.2) is 19.9 Å². The lowest BCUT2D eigenvalue weighted by atomic mass is 10.2. The Bertz CT molecular complexity index is 586. The van der Waals surface area contributed by atoms with Crippen LogP contribution in [0.5, 0.6) is 0 Å². The summed E-state index contributed by atoms with van der Waals surface area (Å²) in [4.78, 5) is 15.6. The number of aromatic nitrogens is 4. The minimum Gasteiger partial charge on any atom is -0.345 e. The Kier molecular flexibility index (Phi) is 1.71. The number of H-pyrrole nitrogens is 1. The number of nitrogens with one attached hydrogen (secondary N) is 1. The van der Waals surface area contributed by atoms with E-state index in [0.717, 1.165) is 16.6 Å². The van der Waals surface area contributed by atoms with Crippen molar-refractivity contribution in [1.82, 2.24) is 19.9 Å². The summed E-state index contributed by atoms with van der Waals surface area (Å²) in [7, 11) is 0. The third-order valence-electron chi connectivity index (χ3n) is 2.21. The molecule has 0 aliphatic rings. The lowest BCUT2D eigenvalue weighted by Crippen LogP contribution is -1.85. The van der Waals surface area contributed by atoms with Crippen molar-refractivity contribution in [2.75, 3.05) is 0 Å². The molecule has 4 heteroatoms. The molecule has 0 aromatic carbocycles. The van der Waals surface area contributed by atoms with Gasteiger partial charge in [-0.05, 0) is 12.1 Å². The second-order valence-electron chi connectivity index (χ2n) is 3.11. The van der Waals surface area contributed by atoms with E-state index < -0.39 is 0 Å². The maximum atomic E-state index is 4.21. The predicted octanol–water partition coefficient (Wildman–Crippen LogP) is 1.82. The Morgan fingerprint density at radius 2 is 2.00 bits per heavy atom. The molecule has 0 atom stereocenters. The summed E-state index contributed by atoms with van der Waals surface area (Å²) < 4.78 is 0. The molecular weight excluding hydrogens is 188 g/mol. The highest BCUT2D eigenvalue weighted by Crippen LogP contribution is 2.23. The SMILES string of the molecule is [c]1cnc(-c2c[nH]c3ncccc23)nc1. The fraction of sp³-hybridized carbons (Fsp3) is 0. The second kappa shape index (κ2) is 3.16. The predicted molar refractivity (Wildman–Crippen MR) is 56.0 cm³/mol. The zero-order chi connectivity index (χ0) is 10.1. The summed E-state index contributed by atoms with van der Waals surface area (Å²) in [5.41, 5.74) is 1.82. The third kappa shape index (κ3) is 1.27. The Morgan fingerprint density at radius 3 is 2.87 bits per heavy atom. The van der Waals surface area contributed by atoms with Crippen LogP contribution in [0.1, 0.15) is 0 Å². The van der Waals surface area contributed by atoms with Crippen molar-refractivity contribution in [3.05, 3.63) is 43.0 Å². The van der Waals surface area contributed by atoms with Crippen molar-refractivity contribution in [2.24, 2.45) is 0 Å². The molecule has 0 unspecified atom stereocenters. The highest BCUT2D eigenvalue weighted by Gasteiger charge is 2.07. The van der Waals surface area contributed by atoms with Crippen LogP contribution in [0.4, 0.5) is 0 Å². The fourth-order valence-corrected chi connectivity index (χ4v) is 1.54. The van der Waals surface area contributed by atoms with Gasteiger partial charge in [0.1, 0.15) is 5.65 Å². The Balaban J connectivity index is 2.28.